The molecule has 0 bridgehead atoms. The van der Waals surface area contributed by atoms with Crippen molar-refractivity contribution in [1.82, 2.24) is 15.1 Å². The molecule has 92 valence electrons. The Morgan fingerprint density at radius 3 is 2.62 bits per heavy atom. The fourth-order valence-corrected chi connectivity index (χ4v) is 2.13. The van der Waals surface area contributed by atoms with Crippen LogP contribution in [-0.2, 0) is 7.05 Å². The zero-order valence-corrected chi connectivity index (χ0v) is 11.2. The van der Waals surface area contributed by atoms with Crippen LogP contribution in [0.2, 0.25) is 0 Å². The number of aromatic nitrogens is 2. The highest BCUT2D eigenvalue weighted by Crippen LogP contribution is 2.16. The van der Waals surface area contributed by atoms with Crippen LogP contribution in [0.5, 0.6) is 0 Å². The Morgan fingerprint density at radius 2 is 2.12 bits per heavy atom. The first-order valence-corrected chi connectivity index (χ1v) is 6.28. The van der Waals surface area contributed by atoms with Crippen LogP contribution in [0.1, 0.15) is 50.9 Å². The number of nitrogens with zero attached hydrogens (tertiary/aromatic N) is 2. The van der Waals surface area contributed by atoms with Crippen LogP contribution >= 0.6 is 0 Å². The van der Waals surface area contributed by atoms with Gasteiger partial charge >= 0.3 is 0 Å². The Hall–Kier alpha value is -0.830. The summed E-state index contributed by atoms with van der Waals surface area (Å²) in [5, 5.41) is 7.96. The summed E-state index contributed by atoms with van der Waals surface area (Å²) in [4.78, 5) is 0. The van der Waals surface area contributed by atoms with E-state index in [1.807, 2.05) is 11.7 Å². The average molecular weight is 223 g/mol. The van der Waals surface area contributed by atoms with Gasteiger partial charge in [0.1, 0.15) is 0 Å². The van der Waals surface area contributed by atoms with Gasteiger partial charge < -0.3 is 5.32 Å². The SMILES string of the molecule is CCCC(C)CNC(C)c1cn(C)nc1C. The van der Waals surface area contributed by atoms with Gasteiger partial charge in [0.25, 0.3) is 0 Å². The predicted molar refractivity (Wildman–Crippen MR) is 68.4 cm³/mol. The van der Waals surface area contributed by atoms with Gasteiger partial charge in [-0.05, 0) is 32.7 Å². The summed E-state index contributed by atoms with van der Waals surface area (Å²) in [7, 11) is 1.98. The van der Waals surface area contributed by atoms with E-state index in [1.165, 1.54) is 18.4 Å². The maximum Gasteiger partial charge on any atom is 0.0641 e. The molecule has 1 aromatic heterocycles. The third-order valence-electron chi connectivity index (χ3n) is 3.07. The molecule has 1 heterocycles. The highest BCUT2D eigenvalue weighted by molar-refractivity contribution is 5.19. The van der Waals surface area contributed by atoms with Crippen molar-refractivity contribution < 1.29 is 0 Å². The Labute approximate surface area is 99.2 Å². The first-order valence-electron chi connectivity index (χ1n) is 6.28. The van der Waals surface area contributed by atoms with Crippen molar-refractivity contribution in [1.29, 1.82) is 0 Å². The summed E-state index contributed by atoms with van der Waals surface area (Å²) in [6.07, 6.45) is 4.67. The quantitative estimate of drug-likeness (QED) is 0.803. The van der Waals surface area contributed by atoms with Crippen molar-refractivity contribution >= 4 is 0 Å². The van der Waals surface area contributed by atoms with Gasteiger partial charge in [-0.15, -0.1) is 0 Å². The lowest BCUT2D eigenvalue weighted by molar-refractivity contribution is 0.443. The molecule has 2 unspecified atom stereocenters. The molecule has 1 aromatic rings. The van der Waals surface area contributed by atoms with Crippen molar-refractivity contribution in [3.05, 3.63) is 17.5 Å². The van der Waals surface area contributed by atoms with Crippen molar-refractivity contribution in [2.45, 2.75) is 46.6 Å². The molecule has 0 aliphatic carbocycles. The molecular weight excluding hydrogens is 198 g/mol. The molecule has 0 saturated heterocycles. The molecule has 0 aliphatic heterocycles. The highest BCUT2D eigenvalue weighted by Gasteiger charge is 2.11. The molecule has 0 radical (unpaired) electrons. The summed E-state index contributed by atoms with van der Waals surface area (Å²) < 4.78 is 1.89. The Kier molecular flexibility index (Phi) is 5.00. The van der Waals surface area contributed by atoms with E-state index < -0.39 is 0 Å². The molecule has 1 N–H and O–H groups in total. The fraction of sp³-hybridized carbons (Fsp3) is 0.769. The molecule has 0 saturated carbocycles. The second-order valence-electron chi connectivity index (χ2n) is 4.87. The number of hydrogen-bond acceptors (Lipinski definition) is 2. The first kappa shape index (κ1) is 13.2. The van der Waals surface area contributed by atoms with Crippen LogP contribution in [0.4, 0.5) is 0 Å². The maximum absolute atomic E-state index is 4.37. The minimum Gasteiger partial charge on any atom is -0.310 e. The van der Waals surface area contributed by atoms with Gasteiger partial charge in [0, 0.05) is 24.8 Å². The molecule has 0 amide bonds. The monoisotopic (exact) mass is 223 g/mol. The van der Waals surface area contributed by atoms with Crippen LogP contribution in [0.15, 0.2) is 6.20 Å². The van der Waals surface area contributed by atoms with E-state index in [-0.39, 0.29) is 0 Å². The highest BCUT2D eigenvalue weighted by atomic mass is 15.3. The van der Waals surface area contributed by atoms with E-state index in [1.54, 1.807) is 0 Å². The van der Waals surface area contributed by atoms with Crippen molar-refractivity contribution in [2.24, 2.45) is 13.0 Å². The molecular formula is C13H25N3. The summed E-state index contributed by atoms with van der Waals surface area (Å²) in [6, 6.07) is 0.396. The third-order valence-corrected chi connectivity index (χ3v) is 3.07. The lowest BCUT2D eigenvalue weighted by Gasteiger charge is -2.16. The van der Waals surface area contributed by atoms with E-state index in [2.05, 4.69) is 44.3 Å². The van der Waals surface area contributed by atoms with Gasteiger partial charge in [0.05, 0.1) is 5.69 Å². The van der Waals surface area contributed by atoms with Crippen molar-refractivity contribution in [3.8, 4) is 0 Å². The number of rotatable bonds is 6. The third kappa shape index (κ3) is 3.63. The van der Waals surface area contributed by atoms with Gasteiger partial charge in [0.2, 0.25) is 0 Å². The first-order chi connectivity index (χ1) is 7.54. The van der Waals surface area contributed by atoms with E-state index in [0.29, 0.717) is 6.04 Å². The molecule has 0 fully saturated rings. The molecule has 0 aromatic carbocycles. The summed E-state index contributed by atoms with van der Waals surface area (Å²) in [5.41, 5.74) is 2.44. The van der Waals surface area contributed by atoms with Crippen LogP contribution in [0, 0.1) is 12.8 Å². The average Bonchev–Trinajstić information content (AvgIpc) is 2.55. The Morgan fingerprint density at radius 1 is 1.44 bits per heavy atom. The van der Waals surface area contributed by atoms with Gasteiger partial charge in [0.15, 0.2) is 0 Å². The molecule has 16 heavy (non-hydrogen) atoms. The van der Waals surface area contributed by atoms with E-state index >= 15 is 0 Å². The van der Waals surface area contributed by atoms with Gasteiger partial charge in [-0.2, -0.15) is 5.10 Å². The topological polar surface area (TPSA) is 29.9 Å². The zero-order chi connectivity index (χ0) is 12.1. The number of aryl methyl sites for hydroxylation is 2. The lowest BCUT2D eigenvalue weighted by Crippen LogP contribution is -2.24. The molecule has 3 heteroatoms. The van der Waals surface area contributed by atoms with Crippen LogP contribution in [0.25, 0.3) is 0 Å². The summed E-state index contributed by atoms with van der Waals surface area (Å²) >= 11 is 0. The molecule has 0 aliphatic rings. The fourth-order valence-electron chi connectivity index (χ4n) is 2.13. The van der Waals surface area contributed by atoms with Gasteiger partial charge in [-0.3, -0.25) is 4.68 Å². The second kappa shape index (κ2) is 6.04. The minimum absolute atomic E-state index is 0.396. The van der Waals surface area contributed by atoms with E-state index in [0.717, 1.165) is 18.2 Å². The Balaban J connectivity index is 2.46. The standard InChI is InChI=1S/C13H25N3/c1-6-7-10(2)8-14-11(3)13-9-16(5)15-12(13)4/h9-11,14H,6-8H2,1-5H3. The Bertz CT molecular complexity index is 317. The lowest BCUT2D eigenvalue weighted by atomic mass is 10.0. The second-order valence-corrected chi connectivity index (χ2v) is 4.87. The van der Waals surface area contributed by atoms with Crippen LogP contribution in [-0.4, -0.2) is 16.3 Å². The van der Waals surface area contributed by atoms with Crippen LogP contribution < -0.4 is 5.32 Å². The number of hydrogen-bond donors (Lipinski definition) is 1. The van der Waals surface area contributed by atoms with Gasteiger partial charge in [-0.1, -0.05) is 20.3 Å². The zero-order valence-electron chi connectivity index (χ0n) is 11.2. The summed E-state index contributed by atoms with van der Waals surface area (Å²) in [5.74, 6) is 0.754. The molecule has 2 atom stereocenters. The number of nitrogens with one attached hydrogen (secondary N) is 1. The van der Waals surface area contributed by atoms with Crippen molar-refractivity contribution in [2.75, 3.05) is 6.54 Å². The maximum atomic E-state index is 4.37. The largest absolute Gasteiger partial charge is 0.310 e. The molecule has 0 spiro atoms. The van der Waals surface area contributed by atoms with E-state index in [9.17, 15) is 0 Å². The smallest absolute Gasteiger partial charge is 0.0641 e. The van der Waals surface area contributed by atoms with Crippen molar-refractivity contribution in [3.63, 3.8) is 0 Å². The molecule has 1 rings (SSSR count). The normalized spacial score (nSPS) is 15.1. The molecule has 3 nitrogen and oxygen atoms in total. The van der Waals surface area contributed by atoms with Gasteiger partial charge in [-0.25, -0.2) is 0 Å². The van der Waals surface area contributed by atoms with E-state index in [4.69, 9.17) is 0 Å². The minimum atomic E-state index is 0.396. The predicted octanol–water partition coefficient (Wildman–Crippen LogP) is 2.82. The summed E-state index contributed by atoms with van der Waals surface area (Å²) in [6.45, 7) is 9.92. The van der Waals surface area contributed by atoms with Crippen LogP contribution in [0.3, 0.4) is 0 Å².